The van der Waals surface area contributed by atoms with Crippen LogP contribution < -0.4 is 10.1 Å². The third-order valence-corrected chi connectivity index (χ3v) is 6.02. The number of ether oxygens (including phenoxy) is 1. The number of anilines is 1. The summed E-state index contributed by atoms with van der Waals surface area (Å²) in [4.78, 5) is 8.91. The summed E-state index contributed by atoms with van der Waals surface area (Å²) in [6, 6.07) is 9.86. The first-order valence-corrected chi connectivity index (χ1v) is 11.5. The lowest BCUT2D eigenvalue weighted by atomic mass is 10.1. The van der Waals surface area contributed by atoms with Crippen LogP contribution in [0, 0.1) is 0 Å². The SMILES string of the molecule is CCCCCCSc1nnc2c(n1)O[C@H](c1cccnc1)Nc1ccc(Br)cc1-2. The number of rotatable bonds is 7. The Kier molecular flexibility index (Phi) is 6.61. The fourth-order valence-corrected chi connectivity index (χ4v) is 4.24. The second-order valence-electron chi connectivity index (χ2n) is 6.78. The van der Waals surface area contributed by atoms with Crippen LogP contribution in [-0.4, -0.2) is 25.9 Å². The Balaban J connectivity index is 1.65. The van der Waals surface area contributed by atoms with Gasteiger partial charge in [0.05, 0.1) is 0 Å². The molecule has 1 aromatic carbocycles. The van der Waals surface area contributed by atoms with Crippen LogP contribution in [-0.2, 0) is 0 Å². The zero-order valence-electron chi connectivity index (χ0n) is 16.1. The second kappa shape index (κ2) is 9.54. The third kappa shape index (κ3) is 4.87. The number of hydrogen-bond donors (Lipinski definition) is 1. The van der Waals surface area contributed by atoms with Gasteiger partial charge in [0.2, 0.25) is 11.0 Å². The van der Waals surface area contributed by atoms with Crippen molar-refractivity contribution in [3.8, 4) is 17.1 Å². The van der Waals surface area contributed by atoms with Crippen molar-refractivity contribution >= 4 is 33.4 Å². The van der Waals surface area contributed by atoms with Gasteiger partial charge in [0.15, 0.2) is 11.9 Å². The summed E-state index contributed by atoms with van der Waals surface area (Å²) in [5, 5.41) is 12.9. The molecule has 150 valence electrons. The van der Waals surface area contributed by atoms with Crippen molar-refractivity contribution in [3.05, 3.63) is 52.8 Å². The monoisotopic (exact) mass is 471 g/mol. The normalized spacial score (nSPS) is 14.9. The highest BCUT2D eigenvalue weighted by Crippen LogP contribution is 2.40. The molecule has 0 aliphatic carbocycles. The molecule has 1 aliphatic heterocycles. The zero-order chi connectivity index (χ0) is 20.1. The summed E-state index contributed by atoms with van der Waals surface area (Å²) in [7, 11) is 0. The molecule has 1 aliphatic rings. The smallest absolute Gasteiger partial charge is 0.247 e. The van der Waals surface area contributed by atoms with E-state index in [4.69, 9.17) is 4.74 Å². The molecule has 3 heterocycles. The fraction of sp³-hybridized carbons (Fsp3) is 0.333. The van der Waals surface area contributed by atoms with E-state index < -0.39 is 6.23 Å². The highest BCUT2D eigenvalue weighted by Gasteiger charge is 2.26. The van der Waals surface area contributed by atoms with Crippen molar-refractivity contribution in [1.82, 2.24) is 20.2 Å². The van der Waals surface area contributed by atoms with Gasteiger partial charge in [-0.15, -0.1) is 10.2 Å². The van der Waals surface area contributed by atoms with Gasteiger partial charge in [-0.05, 0) is 30.7 Å². The van der Waals surface area contributed by atoms with Gasteiger partial charge in [0.1, 0.15) is 0 Å². The van der Waals surface area contributed by atoms with Crippen molar-refractivity contribution in [3.63, 3.8) is 0 Å². The van der Waals surface area contributed by atoms with E-state index in [-0.39, 0.29) is 0 Å². The molecule has 8 heteroatoms. The van der Waals surface area contributed by atoms with Crippen molar-refractivity contribution in [2.45, 2.75) is 44.0 Å². The predicted octanol–water partition coefficient (Wildman–Crippen LogP) is 5.87. The Morgan fingerprint density at radius 2 is 2.10 bits per heavy atom. The molecule has 6 nitrogen and oxygen atoms in total. The van der Waals surface area contributed by atoms with Gasteiger partial charge >= 0.3 is 0 Å². The van der Waals surface area contributed by atoms with E-state index in [2.05, 4.69) is 48.3 Å². The minimum Gasteiger partial charge on any atom is -0.448 e. The first-order valence-electron chi connectivity index (χ1n) is 9.75. The van der Waals surface area contributed by atoms with Crippen LogP contribution >= 0.6 is 27.7 Å². The molecule has 0 fully saturated rings. The lowest BCUT2D eigenvalue weighted by molar-refractivity contribution is 0.225. The van der Waals surface area contributed by atoms with Crippen molar-refractivity contribution in [2.24, 2.45) is 0 Å². The number of fused-ring (bicyclic) bond motifs is 3. The molecule has 0 unspecified atom stereocenters. The Bertz CT molecular complexity index is 973. The number of thioether (sulfide) groups is 1. The van der Waals surface area contributed by atoms with Crippen LogP contribution in [0.1, 0.15) is 44.4 Å². The lowest BCUT2D eigenvalue weighted by Gasteiger charge is -2.18. The number of halogens is 1. The number of nitrogens with one attached hydrogen (secondary N) is 1. The Morgan fingerprint density at radius 1 is 1.17 bits per heavy atom. The van der Waals surface area contributed by atoms with Crippen LogP contribution in [0.4, 0.5) is 5.69 Å². The molecule has 0 saturated carbocycles. The van der Waals surface area contributed by atoms with Crippen LogP contribution in [0.25, 0.3) is 11.3 Å². The quantitative estimate of drug-likeness (QED) is 0.341. The molecule has 1 N–H and O–H groups in total. The number of hydrogen-bond acceptors (Lipinski definition) is 7. The zero-order valence-corrected chi connectivity index (χ0v) is 18.5. The molecule has 0 radical (unpaired) electrons. The largest absolute Gasteiger partial charge is 0.448 e. The van der Waals surface area contributed by atoms with Crippen LogP contribution in [0.5, 0.6) is 5.88 Å². The number of unbranched alkanes of at least 4 members (excludes halogenated alkanes) is 3. The molecule has 0 spiro atoms. The lowest BCUT2D eigenvalue weighted by Crippen LogP contribution is -2.17. The maximum atomic E-state index is 6.26. The molecule has 0 saturated heterocycles. The van der Waals surface area contributed by atoms with Gasteiger partial charge in [-0.1, -0.05) is 59.9 Å². The van der Waals surface area contributed by atoms with E-state index >= 15 is 0 Å². The number of nitrogens with zero attached hydrogens (tertiary/aromatic N) is 4. The minimum absolute atomic E-state index is 0.413. The van der Waals surface area contributed by atoms with Crippen LogP contribution in [0.2, 0.25) is 0 Å². The Labute approximate surface area is 183 Å². The molecule has 1 atom stereocenters. The van der Waals surface area contributed by atoms with Gasteiger partial charge in [-0.2, -0.15) is 4.98 Å². The summed E-state index contributed by atoms with van der Waals surface area (Å²) in [5.74, 6) is 1.46. The molecular weight excluding hydrogens is 450 g/mol. The molecule has 29 heavy (non-hydrogen) atoms. The maximum Gasteiger partial charge on any atom is 0.247 e. The number of pyridine rings is 1. The average molecular weight is 472 g/mol. The van der Waals surface area contributed by atoms with Crippen molar-refractivity contribution in [2.75, 3.05) is 11.1 Å². The average Bonchev–Trinajstić information content (AvgIpc) is 2.90. The van der Waals surface area contributed by atoms with E-state index in [1.165, 1.54) is 19.3 Å². The minimum atomic E-state index is -0.413. The van der Waals surface area contributed by atoms with Crippen molar-refractivity contribution in [1.29, 1.82) is 0 Å². The third-order valence-electron chi connectivity index (χ3n) is 4.60. The highest BCUT2D eigenvalue weighted by atomic mass is 79.9. The number of benzene rings is 1. The predicted molar refractivity (Wildman–Crippen MR) is 119 cm³/mol. The Hall–Kier alpha value is -2.19. The van der Waals surface area contributed by atoms with Gasteiger partial charge in [-0.25, -0.2) is 0 Å². The van der Waals surface area contributed by atoms with E-state index in [1.54, 1.807) is 24.2 Å². The summed E-state index contributed by atoms with van der Waals surface area (Å²) < 4.78 is 7.22. The van der Waals surface area contributed by atoms with Crippen LogP contribution in [0.15, 0.2) is 52.4 Å². The topological polar surface area (TPSA) is 72.8 Å². The second-order valence-corrected chi connectivity index (χ2v) is 8.75. The van der Waals surface area contributed by atoms with E-state index in [1.807, 2.05) is 30.3 Å². The Morgan fingerprint density at radius 3 is 2.93 bits per heavy atom. The molecule has 3 aromatic rings. The first kappa shape index (κ1) is 20.1. The van der Waals surface area contributed by atoms with E-state index in [9.17, 15) is 0 Å². The molecule has 0 amide bonds. The summed E-state index contributed by atoms with van der Waals surface area (Å²) >= 11 is 5.17. The van der Waals surface area contributed by atoms with Crippen LogP contribution in [0.3, 0.4) is 0 Å². The molecule has 2 aromatic heterocycles. The van der Waals surface area contributed by atoms with Gasteiger partial charge in [0.25, 0.3) is 0 Å². The van der Waals surface area contributed by atoms with Crippen molar-refractivity contribution < 1.29 is 4.74 Å². The van der Waals surface area contributed by atoms with Gasteiger partial charge < -0.3 is 10.1 Å². The molecule has 4 rings (SSSR count). The van der Waals surface area contributed by atoms with E-state index in [0.29, 0.717) is 16.7 Å². The fourth-order valence-electron chi connectivity index (χ4n) is 3.11. The molecular formula is C21H22BrN5OS. The maximum absolute atomic E-state index is 6.26. The summed E-state index contributed by atoms with van der Waals surface area (Å²) in [6.45, 7) is 2.22. The first-order chi connectivity index (χ1) is 14.2. The van der Waals surface area contributed by atoms with E-state index in [0.717, 1.165) is 33.5 Å². The standard InChI is InChI=1S/C21H22BrN5OS/c1-2-3-4-5-11-29-21-25-20-18(26-27-21)16-12-15(22)8-9-17(16)24-19(28-20)14-7-6-10-23-13-14/h6-10,12-13,19,24H,2-5,11H2,1H3/t19-/m1/s1. The summed E-state index contributed by atoms with van der Waals surface area (Å²) in [6.07, 6.45) is 7.99. The summed E-state index contributed by atoms with van der Waals surface area (Å²) in [5.41, 5.74) is 3.37. The van der Waals surface area contributed by atoms with Gasteiger partial charge in [-0.3, -0.25) is 4.98 Å². The molecule has 0 bridgehead atoms. The van der Waals surface area contributed by atoms with Gasteiger partial charge in [0, 0.05) is 39.4 Å². The number of aromatic nitrogens is 4. The highest BCUT2D eigenvalue weighted by molar-refractivity contribution is 9.10.